The van der Waals surface area contributed by atoms with E-state index in [1.807, 2.05) is 56.3 Å². The van der Waals surface area contributed by atoms with Gasteiger partial charge in [0.15, 0.2) is 5.78 Å². The molecule has 25 heavy (non-hydrogen) atoms. The van der Waals surface area contributed by atoms with Crippen LogP contribution in [-0.2, 0) is 0 Å². The lowest BCUT2D eigenvalue weighted by Gasteiger charge is -2.32. The number of benzene rings is 1. The van der Waals surface area contributed by atoms with Gasteiger partial charge in [-0.2, -0.15) is 0 Å². The highest BCUT2D eigenvalue weighted by Crippen LogP contribution is 2.22. The van der Waals surface area contributed by atoms with Gasteiger partial charge in [0.25, 0.3) is 0 Å². The average molecular weight is 340 g/mol. The van der Waals surface area contributed by atoms with E-state index in [0.29, 0.717) is 25.9 Å². The van der Waals surface area contributed by atoms with Crippen molar-refractivity contribution in [3.05, 3.63) is 59.5 Å². The molecule has 1 aliphatic rings. The SMILES string of the molecule is Cc1ccc([C@@H](C)NC(=O)N2CCC(C(=O)c3ccccc3)CC2)o1. The molecular weight excluding hydrogens is 316 g/mol. The second kappa shape index (κ2) is 7.55. The summed E-state index contributed by atoms with van der Waals surface area (Å²) in [6.45, 7) is 4.98. The maximum absolute atomic E-state index is 12.5. The Morgan fingerprint density at radius 1 is 1.12 bits per heavy atom. The highest BCUT2D eigenvalue weighted by Gasteiger charge is 2.28. The largest absolute Gasteiger partial charge is 0.464 e. The number of rotatable bonds is 4. The van der Waals surface area contributed by atoms with E-state index in [1.54, 1.807) is 4.90 Å². The first-order valence-electron chi connectivity index (χ1n) is 8.75. The number of Topliss-reactive ketones (excluding diaryl/α,β-unsaturated/α-hetero) is 1. The van der Waals surface area contributed by atoms with Crippen molar-refractivity contribution in [2.75, 3.05) is 13.1 Å². The molecule has 2 aromatic rings. The third kappa shape index (κ3) is 4.10. The summed E-state index contributed by atoms with van der Waals surface area (Å²) in [6, 6.07) is 12.9. The van der Waals surface area contributed by atoms with Gasteiger partial charge in [-0.25, -0.2) is 4.79 Å². The number of carbonyl (C=O) groups excluding carboxylic acids is 2. The number of amides is 2. The van der Waals surface area contributed by atoms with E-state index in [4.69, 9.17) is 4.42 Å². The van der Waals surface area contributed by atoms with E-state index in [-0.39, 0.29) is 23.8 Å². The summed E-state index contributed by atoms with van der Waals surface area (Å²) in [7, 11) is 0. The maximum Gasteiger partial charge on any atom is 0.317 e. The normalized spacial score (nSPS) is 16.5. The lowest BCUT2D eigenvalue weighted by atomic mass is 9.89. The Kier molecular flexibility index (Phi) is 5.22. The average Bonchev–Trinajstić information content (AvgIpc) is 3.08. The van der Waals surface area contributed by atoms with Crippen molar-refractivity contribution in [3.63, 3.8) is 0 Å². The first-order chi connectivity index (χ1) is 12.0. The molecular formula is C20H24N2O3. The van der Waals surface area contributed by atoms with E-state index in [1.165, 1.54) is 0 Å². The van der Waals surface area contributed by atoms with Crippen molar-refractivity contribution < 1.29 is 14.0 Å². The van der Waals surface area contributed by atoms with Crippen molar-refractivity contribution in [1.82, 2.24) is 10.2 Å². The van der Waals surface area contributed by atoms with Gasteiger partial charge in [0, 0.05) is 24.6 Å². The molecule has 3 rings (SSSR count). The van der Waals surface area contributed by atoms with Crippen LogP contribution in [0.25, 0.3) is 0 Å². The predicted molar refractivity (Wildman–Crippen MR) is 95.5 cm³/mol. The number of urea groups is 1. The van der Waals surface area contributed by atoms with Crippen molar-refractivity contribution in [2.24, 2.45) is 5.92 Å². The number of nitrogens with zero attached hydrogens (tertiary/aromatic N) is 1. The standard InChI is InChI=1S/C20H24N2O3/c1-14-8-9-18(25-14)15(2)21-20(24)22-12-10-17(11-13-22)19(23)16-6-4-3-5-7-16/h3-9,15,17H,10-13H2,1-2H3,(H,21,24)/t15-/m1/s1. The van der Waals surface area contributed by atoms with Gasteiger partial charge in [0.05, 0.1) is 6.04 Å². The maximum atomic E-state index is 12.5. The van der Waals surface area contributed by atoms with Crippen molar-refractivity contribution in [3.8, 4) is 0 Å². The second-order valence-corrected chi connectivity index (χ2v) is 6.61. The lowest BCUT2D eigenvalue weighted by Crippen LogP contribution is -2.46. The molecule has 1 aromatic carbocycles. The van der Waals surface area contributed by atoms with Gasteiger partial charge >= 0.3 is 6.03 Å². The summed E-state index contributed by atoms with van der Waals surface area (Å²) in [6.07, 6.45) is 1.41. The summed E-state index contributed by atoms with van der Waals surface area (Å²) in [5.41, 5.74) is 0.757. The summed E-state index contributed by atoms with van der Waals surface area (Å²) >= 11 is 0. The molecule has 2 heterocycles. The van der Waals surface area contributed by atoms with Gasteiger partial charge in [0.1, 0.15) is 11.5 Å². The number of carbonyl (C=O) groups is 2. The summed E-state index contributed by atoms with van der Waals surface area (Å²) in [5.74, 6) is 1.76. The van der Waals surface area contributed by atoms with Crippen LogP contribution in [0.5, 0.6) is 0 Å². The zero-order chi connectivity index (χ0) is 17.8. The Morgan fingerprint density at radius 2 is 1.80 bits per heavy atom. The molecule has 1 fully saturated rings. The van der Waals surface area contributed by atoms with E-state index in [0.717, 1.165) is 17.1 Å². The molecule has 2 amide bonds. The fourth-order valence-electron chi connectivity index (χ4n) is 3.22. The molecule has 132 valence electrons. The first kappa shape index (κ1) is 17.3. The number of piperidine rings is 1. The summed E-state index contributed by atoms with van der Waals surface area (Å²) in [5, 5.41) is 2.96. The molecule has 5 nitrogen and oxygen atoms in total. The number of hydrogen-bond acceptors (Lipinski definition) is 3. The van der Waals surface area contributed by atoms with Gasteiger partial charge in [-0.05, 0) is 38.8 Å². The molecule has 0 bridgehead atoms. The minimum Gasteiger partial charge on any atom is -0.464 e. The van der Waals surface area contributed by atoms with Crippen molar-refractivity contribution in [1.29, 1.82) is 0 Å². The topological polar surface area (TPSA) is 62.6 Å². The monoisotopic (exact) mass is 340 g/mol. The molecule has 1 saturated heterocycles. The number of aryl methyl sites for hydroxylation is 1. The van der Waals surface area contributed by atoms with E-state index < -0.39 is 0 Å². The number of hydrogen-bond donors (Lipinski definition) is 1. The summed E-state index contributed by atoms with van der Waals surface area (Å²) < 4.78 is 5.55. The van der Waals surface area contributed by atoms with Crippen LogP contribution in [0.1, 0.15) is 47.7 Å². The molecule has 1 aliphatic heterocycles. The molecule has 1 aromatic heterocycles. The molecule has 1 N–H and O–H groups in total. The van der Waals surface area contributed by atoms with Gasteiger partial charge < -0.3 is 14.6 Å². The second-order valence-electron chi connectivity index (χ2n) is 6.61. The summed E-state index contributed by atoms with van der Waals surface area (Å²) in [4.78, 5) is 26.7. The molecule has 0 spiro atoms. The number of likely N-dealkylation sites (tertiary alicyclic amines) is 1. The van der Waals surface area contributed by atoms with Crippen LogP contribution >= 0.6 is 0 Å². The van der Waals surface area contributed by atoms with E-state index >= 15 is 0 Å². The Balaban J connectivity index is 1.51. The highest BCUT2D eigenvalue weighted by molar-refractivity contribution is 5.97. The minimum absolute atomic E-state index is 0.00315. The minimum atomic E-state index is -0.176. The molecule has 0 saturated carbocycles. The number of nitrogens with one attached hydrogen (secondary N) is 1. The Hall–Kier alpha value is -2.56. The first-order valence-corrected chi connectivity index (χ1v) is 8.75. The van der Waals surface area contributed by atoms with Gasteiger partial charge in [0.2, 0.25) is 0 Å². The highest BCUT2D eigenvalue weighted by atomic mass is 16.3. The van der Waals surface area contributed by atoms with Crippen molar-refractivity contribution >= 4 is 11.8 Å². The third-order valence-corrected chi connectivity index (χ3v) is 4.74. The van der Waals surface area contributed by atoms with Gasteiger partial charge in [-0.3, -0.25) is 4.79 Å². The van der Waals surface area contributed by atoms with Crippen LogP contribution in [0, 0.1) is 12.8 Å². The van der Waals surface area contributed by atoms with Crippen LogP contribution in [0.15, 0.2) is 46.9 Å². The smallest absolute Gasteiger partial charge is 0.317 e. The van der Waals surface area contributed by atoms with Crippen LogP contribution in [0.4, 0.5) is 4.79 Å². The molecule has 0 unspecified atom stereocenters. The molecule has 0 aliphatic carbocycles. The molecule has 1 atom stereocenters. The predicted octanol–water partition coefficient (Wildman–Crippen LogP) is 3.95. The van der Waals surface area contributed by atoms with E-state index in [9.17, 15) is 9.59 Å². The fourth-order valence-corrected chi connectivity index (χ4v) is 3.22. The molecule has 5 heteroatoms. The molecule has 0 radical (unpaired) electrons. The van der Waals surface area contributed by atoms with Crippen LogP contribution in [-0.4, -0.2) is 29.8 Å². The fraction of sp³-hybridized carbons (Fsp3) is 0.400. The third-order valence-electron chi connectivity index (χ3n) is 4.74. The van der Waals surface area contributed by atoms with E-state index in [2.05, 4.69) is 5.32 Å². The Morgan fingerprint density at radius 3 is 2.40 bits per heavy atom. The van der Waals surface area contributed by atoms with Crippen LogP contribution in [0.3, 0.4) is 0 Å². The lowest BCUT2D eigenvalue weighted by molar-refractivity contribution is 0.0853. The zero-order valence-corrected chi connectivity index (χ0v) is 14.7. The van der Waals surface area contributed by atoms with Gasteiger partial charge in [-0.1, -0.05) is 30.3 Å². The van der Waals surface area contributed by atoms with Crippen LogP contribution < -0.4 is 5.32 Å². The Bertz CT molecular complexity index is 730. The van der Waals surface area contributed by atoms with Crippen molar-refractivity contribution in [2.45, 2.75) is 32.7 Å². The number of ketones is 1. The zero-order valence-electron chi connectivity index (χ0n) is 14.7. The Labute approximate surface area is 148 Å². The number of furan rings is 1. The quantitative estimate of drug-likeness (QED) is 0.857. The van der Waals surface area contributed by atoms with Crippen LogP contribution in [0.2, 0.25) is 0 Å². The van der Waals surface area contributed by atoms with Gasteiger partial charge in [-0.15, -0.1) is 0 Å².